The van der Waals surface area contributed by atoms with Crippen molar-refractivity contribution in [2.24, 2.45) is 0 Å². The Morgan fingerprint density at radius 1 is 0.558 bits per heavy atom. The van der Waals surface area contributed by atoms with Gasteiger partial charge in [-0.3, -0.25) is 19.6 Å². The van der Waals surface area contributed by atoms with Crippen molar-refractivity contribution in [3.8, 4) is 0 Å². The Morgan fingerprint density at radius 2 is 1.02 bits per heavy atom. The average Bonchev–Trinajstić information content (AvgIpc) is 3.15. The van der Waals surface area contributed by atoms with E-state index in [1.165, 1.54) is 5.56 Å². The van der Waals surface area contributed by atoms with Gasteiger partial charge in [-0.2, -0.15) is 15.0 Å². The summed E-state index contributed by atoms with van der Waals surface area (Å²) < 4.78 is 0. The third-order valence-corrected chi connectivity index (χ3v) is 10.6. The summed E-state index contributed by atoms with van der Waals surface area (Å²) >= 11 is 0. The number of aliphatic hydroxyl groups is 4. The zero-order valence-corrected chi connectivity index (χ0v) is 31.6. The van der Waals surface area contributed by atoms with Gasteiger partial charge in [0.1, 0.15) is 0 Å². The molecule has 0 amide bonds. The summed E-state index contributed by atoms with van der Waals surface area (Å²) in [6.45, 7) is 15.9. The first-order valence-corrected chi connectivity index (χ1v) is 19.2. The van der Waals surface area contributed by atoms with Gasteiger partial charge in [0.25, 0.3) is 0 Å². The first-order valence-electron chi connectivity index (χ1n) is 19.2. The van der Waals surface area contributed by atoms with E-state index in [0.29, 0.717) is 44.0 Å². The molecule has 0 bridgehead atoms. The van der Waals surface area contributed by atoms with Gasteiger partial charge in [0, 0.05) is 136 Å². The van der Waals surface area contributed by atoms with Crippen molar-refractivity contribution >= 4 is 23.5 Å². The lowest BCUT2D eigenvalue weighted by Crippen LogP contribution is -2.51. The number of likely N-dealkylation sites (N-methyl/N-ethyl adjacent to an activating group) is 2. The molecular formula is C36H64N12O4. The number of hydrogen-bond acceptors (Lipinski definition) is 16. The highest BCUT2D eigenvalue weighted by Gasteiger charge is 2.25. The van der Waals surface area contributed by atoms with Crippen LogP contribution in [-0.2, 0) is 6.42 Å². The number of β-amino-alcohol motifs (C(OH)–C–C–N with tert-alkyl or cyclic N) is 4. The van der Waals surface area contributed by atoms with Gasteiger partial charge in [-0.25, -0.2) is 0 Å². The number of rotatable bonds is 14. The minimum absolute atomic E-state index is 0.0930. The summed E-state index contributed by atoms with van der Waals surface area (Å²) in [7, 11) is 4.30. The molecule has 0 saturated carbocycles. The largest absolute Gasteiger partial charge is 0.395 e. The van der Waals surface area contributed by atoms with Crippen molar-refractivity contribution < 1.29 is 20.4 Å². The maximum Gasteiger partial charge on any atom is 0.233 e. The van der Waals surface area contributed by atoms with E-state index in [2.05, 4.69) is 82.9 Å². The van der Waals surface area contributed by atoms with Crippen molar-refractivity contribution in [2.75, 3.05) is 180 Å². The van der Waals surface area contributed by atoms with Crippen molar-refractivity contribution in [3.63, 3.8) is 0 Å². The molecular weight excluding hydrogens is 664 g/mol. The Hall–Kier alpha value is -2.77. The summed E-state index contributed by atoms with van der Waals surface area (Å²) in [5, 5.41) is 42.3. The maximum atomic E-state index is 10.1. The van der Waals surface area contributed by atoms with Gasteiger partial charge < -0.3 is 45.3 Å². The monoisotopic (exact) mass is 729 g/mol. The maximum absolute atomic E-state index is 10.1. The minimum atomic E-state index is 0.0930. The van der Waals surface area contributed by atoms with Crippen LogP contribution in [0.3, 0.4) is 0 Å². The van der Waals surface area contributed by atoms with Gasteiger partial charge >= 0.3 is 0 Å². The molecule has 4 heterocycles. The predicted octanol–water partition coefficient (Wildman–Crippen LogP) is -1.78. The molecule has 52 heavy (non-hydrogen) atoms. The Bertz CT molecular complexity index is 1300. The van der Waals surface area contributed by atoms with Gasteiger partial charge in [-0.15, -0.1) is 0 Å². The molecule has 2 aromatic rings. The summed E-state index contributed by atoms with van der Waals surface area (Å²) in [5.41, 5.74) is 2.12. The van der Waals surface area contributed by atoms with Gasteiger partial charge in [0.2, 0.25) is 17.8 Å². The highest BCUT2D eigenvalue weighted by Crippen LogP contribution is 2.23. The highest BCUT2D eigenvalue weighted by atomic mass is 16.3. The Labute approximate surface area is 310 Å². The number of aliphatic hydroxyl groups excluding tert-OH is 4. The lowest BCUT2D eigenvalue weighted by Gasteiger charge is -2.37. The summed E-state index contributed by atoms with van der Waals surface area (Å²) in [6, 6.07) is 8.70. The Morgan fingerprint density at radius 3 is 1.56 bits per heavy atom. The summed E-state index contributed by atoms with van der Waals surface area (Å²) in [4.78, 5) is 33.1. The fourth-order valence-corrected chi connectivity index (χ4v) is 7.32. The molecule has 5 N–H and O–H groups in total. The first kappa shape index (κ1) is 40.4. The molecule has 5 rings (SSSR count). The number of benzene rings is 1. The number of hydrogen-bond donors (Lipinski definition) is 5. The molecule has 3 fully saturated rings. The van der Waals surface area contributed by atoms with Crippen LogP contribution in [0.4, 0.5) is 23.5 Å². The molecule has 3 aliphatic heterocycles. The lowest BCUT2D eigenvalue weighted by molar-refractivity contribution is 0.0822. The molecule has 3 saturated heterocycles. The van der Waals surface area contributed by atoms with Crippen molar-refractivity contribution in [2.45, 2.75) is 12.5 Å². The van der Waals surface area contributed by atoms with Crippen molar-refractivity contribution in [1.29, 1.82) is 0 Å². The van der Waals surface area contributed by atoms with Crippen LogP contribution in [0.5, 0.6) is 0 Å². The van der Waals surface area contributed by atoms with E-state index in [0.717, 1.165) is 110 Å². The molecule has 0 spiro atoms. The van der Waals surface area contributed by atoms with E-state index < -0.39 is 0 Å². The molecule has 0 radical (unpaired) electrons. The molecule has 292 valence electrons. The summed E-state index contributed by atoms with van der Waals surface area (Å²) in [5.74, 6) is 1.91. The van der Waals surface area contributed by atoms with Crippen LogP contribution < -0.4 is 15.1 Å². The number of nitrogens with zero attached hydrogens (tertiary/aromatic N) is 11. The fourth-order valence-electron chi connectivity index (χ4n) is 7.32. The van der Waals surface area contributed by atoms with Crippen molar-refractivity contribution in [3.05, 3.63) is 29.8 Å². The second kappa shape index (κ2) is 21.2. The molecule has 1 atom stereocenters. The molecule has 16 nitrogen and oxygen atoms in total. The van der Waals surface area contributed by atoms with Gasteiger partial charge in [0.15, 0.2) is 0 Å². The lowest BCUT2D eigenvalue weighted by atomic mass is 10.0. The second-order valence-electron chi connectivity index (χ2n) is 14.4. The SMILES string of the molecule is CN1CCN(c2nc(Nc3ccc(CC4CN(C)CCN(CCO)CCN(CCO)CCN4CCO)cc3)nc(N3CCN(CCO)CC3)n2)CC1. The Kier molecular flexibility index (Phi) is 16.5. The third-order valence-electron chi connectivity index (χ3n) is 10.6. The van der Waals surface area contributed by atoms with Crippen LogP contribution in [0.1, 0.15) is 5.56 Å². The van der Waals surface area contributed by atoms with Crippen LogP contribution in [0.25, 0.3) is 0 Å². The van der Waals surface area contributed by atoms with E-state index in [-0.39, 0.29) is 32.5 Å². The van der Waals surface area contributed by atoms with E-state index >= 15 is 0 Å². The van der Waals surface area contributed by atoms with Crippen LogP contribution in [0.2, 0.25) is 0 Å². The Balaban J connectivity index is 1.30. The molecule has 1 aromatic heterocycles. The zero-order valence-electron chi connectivity index (χ0n) is 31.6. The average molecular weight is 729 g/mol. The number of nitrogens with one attached hydrogen (secondary N) is 1. The standard InChI is InChI=1S/C36H64N12O4/c1-41-8-16-47(17-9-41)35-38-34(39-36(40-35)48-19-14-45(15-20-48)23-27-51)37-32-5-3-31(4-6-32)29-33-30-42(2)7-10-43(21-25-49)11-12-44(22-26-50)13-18-46(33)24-28-52/h3-6,33,49-52H,7-30H2,1-2H3,(H,37,38,39,40). The quantitative estimate of drug-likeness (QED) is 0.149. The van der Waals surface area contributed by atoms with Crippen LogP contribution >= 0.6 is 0 Å². The van der Waals surface area contributed by atoms with Crippen LogP contribution in [-0.4, -0.2) is 236 Å². The first-order chi connectivity index (χ1) is 25.4. The fraction of sp³-hybridized carbons (Fsp3) is 0.750. The number of aromatic nitrogens is 3. The third kappa shape index (κ3) is 12.4. The minimum Gasteiger partial charge on any atom is -0.395 e. The molecule has 0 aliphatic carbocycles. The summed E-state index contributed by atoms with van der Waals surface area (Å²) in [6.07, 6.45) is 0.830. The zero-order chi connectivity index (χ0) is 36.7. The highest BCUT2D eigenvalue weighted by molar-refractivity contribution is 5.57. The van der Waals surface area contributed by atoms with Crippen LogP contribution in [0, 0.1) is 0 Å². The van der Waals surface area contributed by atoms with E-state index in [4.69, 9.17) is 15.0 Å². The number of anilines is 4. The molecule has 1 aromatic carbocycles. The van der Waals surface area contributed by atoms with Crippen LogP contribution in [0.15, 0.2) is 24.3 Å². The van der Waals surface area contributed by atoms with E-state index in [1.54, 1.807) is 0 Å². The van der Waals surface area contributed by atoms with E-state index in [1.807, 2.05) is 0 Å². The second-order valence-corrected chi connectivity index (χ2v) is 14.4. The van der Waals surface area contributed by atoms with Gasteiger partial charge in [0.05, 0.1) is 26.4 Å². The topological polar surface area (TPSA) is 158 Å². The van der Waals surface area contributed by atoms with Crippen molar-refractivity contribution in [1.82, 2.24) is 44.4 Å². The predicted molar refractivity (Wildman–Crippen MR) is 206 cm³/mol. The normalized spacial score (nSPS) is 22.0. The smallest absolute Gasteiger partial charge is 0.233 e. The molecule has 1 unspecified atom stereocenters. The molecule has 3 aliphatic rings. The molecule has 16 heteroatoms. The number of piperazine rings is 2. The van der Waals surface area contributed by atoms with Gasteiger partial charge in [-0.1, -0.05) is 12.1 Å². The van der Waals surface area contributed by atoms with E-state index in [9.17, 15) is 20.4 Å². The van der Waals surface area contributed by atoms with Gasteiger partial charge in [-0.05, 0) is 38.2 Å².